The molecular formula is C20H25N4O5+. The monoisotopic (exact) mass is 401 g/mol. The summed E-state index contributed by atoms with van der Waals surface area (Å²) in [5.74, 6) is 1.13. The normalized spacial score (nSPS) is 14.3. The Hall–Kier alpha value is -3.33. The van der Waals surface area contributed by atoms with E-state index in [0.29, 0.717) is 23.7 Å². The lowest BCUT2D eigenvalue weighted by Crippen LogP contribution is -3.15. The molecule has 0 radical (unpaired) electrons. The van der Waals surface area contributed by atoms with E-state index in [1.165, 1.54) is 17.0 Å². The number of carbonyl (C=O) groups is 1. The zero-order valence-electron chi connectivity index (χ0n) is 16.5. The van der Waals surface area contributed by atoms with Gasteiger partial charge >= 0.3 is 0 Å². The van der Waals surface area contributed by atoms with E-state index in [1.807, 2.05) is 0 Å². The first-order valence-electron chi connectivity index (χ1n) is 9.35. The lowest BCUT2D eigenvalue weighted by molar-refractivity contribution is -0.892. The van der Waals surface area contributed by atoms with Gasteiger partial charge in [-0.3, -0.25) is 14.9 Å². The third kappa shape index (κ3) is 5.14. The Balaban J connectivity index is 1.51. The first-order chi connectivity index (χ1) is 14.0. The highest BCUT2D eigenvalue weighted by atomic mass is 16.6. The highest BCUT2D eigenvalue weighted by Crippen LogP contribution is 2.28. The molecule has 2 N–H and O–H groups in total. The van der Waals surface area contributed by atoms with Gasteiger partial charge in [-0.25, -0.2) is 0 Å². The number of non-ortho nitro benzene ring substituents is 1. The number of rotatable bonds is 7. The maximum absolute atomic E-state index is 12.5. The molecular weight excluding hydrogens is 376 g/mol. The van der Waals surface area contributed by atoms with Crippen molar-refractivity contribution in [1.29, 1.82) is 0 Å². The van der Waals surface area contributed by atoms with E-state index in [2.05, 4.69) is 10.2 Å². The van der Waals surface area contributed by atoms with Crippen molar-refractivity contribution < 1.29 is 24.1 Å². The quantitative estimate of drug-likeness (QED) is 0.530. The molecule has 1 saturated heterocycles. The third-order valence-corrected chi connectivity index (χ3v) is 4.99. The molecule has 3 rings (SSSR count). The molecule has 2 aromatic carbocycles. The summed E-state index contributed by atoms with van der Waals surface area (Å²) in [5, 5.41) is 13.7. The van der Waals surface area contributed by atoms with Crippen LogP contribution in [0.5, 0.6) is 11.5 Å². The maximum Gasteiger partial charge on any atom is 0.279 e. The Labute approximate surface area is 169 Å². The summed E-state index contributed by atoms with van der Waals surface area (Å²) in [6.07, 6.45) is 0. The molecule has 1 heterocycles. The number of nitro benzene ring substituents is 1. The first kappa shape index (κ1) is 20.4. The number of anilines is 2. The van der Waals surface area contributed by atoms with Crippen LogP contribution in [-0.2, 0) is 4.79 Å². The van der Waals surface area contributed by atoms with E-state index < -0.39 is 4.92 Å². The van der Waals surface area contributed by atoms with Gasteiger partial charge in [-0.05, 0) is 24.3 Å². The van der Waals surface area contributed by atoms with E-state index in [0.717, 1.165) is 31.9 Å². The third-order valence-electron chi connectivity index (χ3n) is 4.99. The second-order valence-corrected chi connectivity index (χ2v) is 6.80. The van der Waals surface area contributed by atoms with Crippen molar-refractivity contribution in [3.05, 3.63) is 52.6 Å². The molecule has 0 saturated carbocycles. The minimum absolute atomic E-state index is 0.0766. The van der Waals surface area contributed by atoms with Gasteiger partial charge in [0.2, 0.25) is 0 Å². The number of nitrogens with zero attached hydrogens (tertiary/aromatic N) is 2. The molecule has 1 amide bonds. The first-order valence-corrected chi connectivity index (χ1v) is 9.35. The number of quaternary nitrogens is 1. The second-order valence-electron chi connectivity index (χ2n) is 6.80. The van der Waals surface area contributed by atoms with Crippen LogP contribution >= 0.6 is 0 Å². The van der Waals surface area contributed by atoms with E-state index in [4.69, 9.17) is 9.47 Å². The smallest absolute Gasteiger partial charge is 0.279 e. The zero-order chi connectivity index (χ0) is 20.8. The van der Waals surface area contributed by atoms with Crippen LogP contribution in [0.25, 0.3) is 0 Å². The van der Waals surface area contributed by atoms with Crippen molar-refractivity contribution in [2.24, 2.45) is 0 Å². The van der Waals surface area contributed by atoms with Gasteiger partial charge in [0.1, 0.15) is 11.5 Å². The Morgan fingerprint density at radius 1 is 1.14 bits per heavy atom. The molecule has 0 aromatic heterocycles. The van der Waals surface area contributed by atoms with Crippen LogP contribution < -0.4 is 24.6 Å². The molecule has 154 valence electrons. The number of hydrogen-bond acceptors (Lipinski definition) is 6. The minimum atomic E-state index is -0.401. The summed E-state index contributed by atoms with van der Waals surface area (Å²) < 4.78 is 10.5. The largest absolute Gasteiger partial charge is 0.497 e. The molecule has 0 spiro atoms. The van der Waals surface area contributed by atoms with Gasteiger partial charge in [-0.15, -0.1) is 0 Å². The van der Waals surface area contributed by atoms with Gasteiger partial charge < -0.3 is 24.6 Å². The van der Waals surface area contributed by atoms with Crippen molar-refractivity contribution in [1.82, 2.24) is 0 Å². The summed E-state index contributed by atoms with van der Waals surface area (Å²) in [6.45, 7) is 3.55. The summed E-state index contributed by atoms with van der Waals surface area (Å²) in [7, 11) is 3.12. The number of carbonyl (C=O) groups excluding carboxylic acids is 1. The number of piperazine rings is 1. The average Bonchev–Trinajstić information content (AvgIpc) is 2.74. The van der Waals surface area contributed by atoms with Gasteiger partial charge in [0.25, 0.3) is 11.6 Å². The van der Waals surface area contributed by atoms with E-state index in [-0.39, 0.29) is 11.6 Å². The standard InChI is InChI=1S/C20H24N4O5/c1-28-17-7-8-18(19(13-17)29-2)21-20(25)14-22-9-11-23(12-10-22)15-3-5-16(6-4-15)24(26)27/h3-8,13H,9-12,14H2,1-2H3,(H,21,25)/p+1. The van der Waals surface area contributed by atoms with Crippen molar-refractivity contribution >= 4 is 23.0 Å². The predicted molar refractivity (Wildman–Crippen MR) is 109 cm³/mol. The number of nitrogens with one attached hydrogen (secondary N) is 2. The Morgan fingerprint density at radius 2 is 1.83 bits per heavy atom. The number of nitro groups is 1. The van der Waals surface area contributed by atoms with Crippen molar-refractivity contribution in [3.8, 4) is 11.5 Å². The molecule has 1 aliphatic rings. The van der Waals surface area contributed by atoms with Gasteiger partial charge in [0.15, 0.2) is 6.54 Å². The molecule has 2 aromatic rings. The lowest BCUT2D eigenvalue weighted by atomic mass is 10.2. The van der Waals surface area contributed by atoms with Crippen LogP contribution in [0.3, 0.4) is 0 Å². The fraction of sp³-hybridized carbons (Fsp3) is 0.350. The summed E-state index contributed by atoms with van der Waals surface area (Å²) >= 11 is 0. The van der Waals surface area contributed by atoms with Crippen LogP contribution in [0, 0.1) is 10.1 Å². The Kier molecular flexibility index (Phi) is 6.50. The highest BCUT2D eigenvalue weighted by Gasteiger charge is 2.23. The number of methoxy groups -OCH3 is 2. The topological polar surface area (TPSA) is 98.4 Å². The summed E-state index contributed by atoms with van der Waals surface area (Å²) in [6, 6.07) is 11.8. The van der Waals surface area contributed by atoms with Crippen LogP contribution in [-0.4, -0.2) is 57.8 Å². The number of hydrogen-bond donors (Lipinski definition) is 2. The average molecular weight is 401 g/mol. The molecule has 0 aliphatic carbocycles. The van der Waals surface area contributed by atoms with Crippen LogP contribution in [0.2, 0.25) is 0 Å². The zero-order valence-corrected chi connectivity index (χ0v) is 16.5. The molecule has 0 unspecified atom stereocenters. The summed E-state index contributed by atoms with van der Waals surface area (Å²) in [4.78, 5) is 26.2. The number of benzene rings is 2. The number of ether oxygens (including phenoxy) is 2. The molecule has 1 aliphatic heterocycles. The SMILES string of the molecule is COc1ccc(NC(=O)C[NH+]2CCN(c3ccc([N+](=O)[O-])cc3)CC2)c(OC)c1. The molecule has 29 heavy (non-hydrogen) atoms. The fourth-order valence-corrected chi connectivity index (χ4v) is 3.37. The van der Waals surface area contributed by atoms with E-state index >= 15 is 0 Å². The molecule has 0 bridgehead atoms. The van der Waals surface area contributed by atoms with E-state index in [1.54, 1.807) is 44.6 Å². The second kappa shape index (κ2) is 9.24. The Morgan fingerprint density at radius 3 is 2.41 bits per heavy atom. The van der Waals surface area contributed by atoms with Crippen molar-refractivity contribution in [2.45, 2.75) is 0 Å². The van der Waals surface area contributed by atoms with E-state index in [9.17, 15) is 14.9 Å². The fourth-order valence-electron chi connectivity index (χ4n) is 3.37. The minimum Gasteiger partial charge on any atom is -0.497 e. The highest BCUT2D eigenvalue weighted by molar-refractivity contribution is 5.93. The molecule has 9 nitrogen and oxygen atoms in total. The summed E-state index contributed by atoms with van der Waals surface area (Å²) in [5.41, 5.74) is 1.66. The van der Waals surface area contributed by atoms with Gasteiger partial charge in [0, 0.05) is 23.9 Å². The van der Waals surface area contributed by atoms with Crippen molar-refractivity contribution in [3.63, 3.8) is 0 Å². The number of amides is 1. The maximum atomic E-state index is 12.5. The van der Waals surface area contributed by atoms with Crippen LogP contribution in [0.15, 0.2) is 42.5 Å². The van der Waals surface area contributed by atoms with Crippen LogP contribution in [0.1, 0.15) is 0 Å². The van der Waals surface area contributed by atoms with Gasteiger partial charge in [0.05, 0.1) is 51.0 Å². The van der Waals surface area contributed by atoms with Crippen molar-refractivity contribution in [2.75, 3.05) is 57.2 Å². The molecule has 0 atom stereocenters. The van der Waals surface area contributed by atoms with Gasteiger partial charge in [-0.2, -0.15) is 0 Å². The predicted octanol–water partition coefficient (Wildman–Crippen LogP) is 0.956. The van der Waals surface area contributed by atoms with Gasteiger partial charge in [-0.1, -0.05) is 0 Å². The molecule has 9 heteroatoms. The Bertz CT molecular complexity index is 864. The molecule has 1 fully saturated rings. The lowest BCUT2D eigenvalue weighted by Gasteiger charge is -2.33. The van der Waals surface area contributed by atoms with Crippen LogP contribution in [0.4, 0.5) is 17.1 Å².